The third-order valence-corrected chi connectivity index (χ3v) is 4.61. The minimum Gasteiger partial charge on any atom is -0.493 e. The summed E-state index contributed by atoms with van der Waals surface area (Å²) in [5, 5.41) is 4.12. The summed E-state index contributed by atoms with van der Waals surface area (Å²) in [5.74, 6) is 0.701. The monoisotopic (exact) mass is 376 g/mol. The molecule has 1 aromatic heterocycles. The van der Waals surface area contributed by atoms with Gasteiger partial charge in [-0.1, -0.05) is 30.3 Å². The molecule has 0 aliphatic heterocycles. The molecule has 28 heavy (non-hydrogen) atoms. The average Bonchev–Trinajstić information content (AvgIpc) is 3.27. The van der Waals surface area contributed by atoms with Gasteiger partial charge in [-0.3, -0.25) is 4.79 Å². The number of para-hydroxylation sites is 1. The van der Waals surface area contributed by atoms with Gasteiger partial charge >= 0.3 is 0 Å². The number of benzene rings is 2. The van der Waals surface area contributed by atoms with Gasteiger partial charge in [-0.25, -0.2) is 9.67 Å². The smallest absolute Gasteiger partial charge is 0.246 e. The number of likely N-dealkylation sites (N-methyl/N-ethyl adjacent to an activating group) is 1. The van der Waals surface area contributed by atoms with Crippen LogP contribution in [0.4, 0.5) is 0 Å². The van der Waals surface area contributed by atoms with E-state index in [-0.39, 0.29) is 11.9 Å². The normalized spacial score (nSPS) is 12.1. The molecule has 144 valence electrons. The van der Waals surface area contributed by atoms with E-state index in [4.69, 9.17) is 4.74 Å². The van der Waals surface area contributed by atoms with E-state index in [2.05, 4.69) is 10.1 Å². The lowest BCUT2D eigenvalue weighted by molar-refractivity contribution is -0.126. The van der Waals surface area contributed by atoms with Crippen LogP contribution in [0.25, 0.3) is 11.8 Å². The third-order valence-electron chi connectivity index (χ3n) is 4.61. The van der Waals surface area contributed by atoms with Crippen LogP contribution in [0, 0.1) is 0 Å². The van der Waals surface area contributed by atoms with E-state index < -0.39 is 0 Å². The van der Waals surface area contributed by atoms with Crippen molar-refractivity contribution in [3.05, 3.63) is 78.4 Å². The summed E-state index contributed by atoms with van der Waals surface area (Å²) in [6.07, 6.45) is 6.53. The van der Waals surface area contributed by atoms with Gasteiger partial charge < -0.3 is 9.64 Å². The molecule has 0 radical (unpaired) electrons. The van der Waals surface area contributed by atoms with Crippen LogP contribution in [0.15, 0.2) is 67.3 Å². The molecule has 6 nitrogen and oxygen atoms in total. The second-order valence-corrected chi connectivity index (χ2v) is 6.36. The number of rotatable bonds is 7. The largest absolute Gasteiger partial charge is 0.493 e. The number of hydrogen-bond acceptors (Lipinski definition) is 4. The summed E-state index contributed by atoms with van der Waals surface area (Å²) in [7, 11) is 1.80. The zero-order chi connectivity index (χ0) is 19.9. The second kappa shape index (κ2) is 8.99. The quantitative estimate of drug-likeness (QED) is 0.587. The Morgan fingerprint density at radius 1 is 1.21 bits per heavy atom. The molecule has 0 N–H and O–H groups in total. The number of carbonyl (C=O) groups excluding carboxylic acids is 1. The zero-order valence-corrected chi connectivity index (χ0v) is 16.3. The van der Waals surface area contributed by atoms with Gasteiger partial charge in [0.2, 0.25) is 5.91 Å². The molecule has 0 saturated heterocycles. The molecule has 6 heteroatoms. The van der Waals surface area contributed by atoms with Crippen molar-refractivity contribution in [3.63, 3.8) is 0 Å². The predicted octanol–water partition coefficient (Wildman–Crippen LogP) is 3.90. The molecule has 3 aromatic rings. The third kappa shape index (κ3) is 4.46. The van der Waals surface area contributed by atoms with Crippen LogP contribution < -0.4 is 4.74 Å². The summed E-state index contributed by atoms with van der Waals surface area (Å²) >= 11 is 0. The summed E-state index contributed by atoms with van der Waals surface area (Å²) in [5.41, 5.74) is 2.86. The lowest BCUT2D eigenvalue weighted by Crippen LogP contribution is -2.28. The Kier molecular flexibility index (Phi) is 6.22. The van der Waals surface area contributed by atoms with Gasteiger partial charge in [0.15, 0.2) is 0 Å². The fourth-order valence-corrected chi connectivity index (χ4v) is 2.85. The maximum Gasteiger partial charge on any atom is 0.246 e. The minimum atomic E-state index is -0.0702. The SMILES string of the molecule is CCOc1ccccc1/C=C/C(=O)N(C)[C@@H](C)c1ccc(-n2cncn2)cc1. The van der Waals surface area contributed by atoms with Crippen LogP contribution in [-0.2, 0) is 4.79 Å². The fourth-order valence-electron chi connectivity index (χ4n) is 2.85. The Balaban J connectivity index is 1.69. The van der Waals surface area contributed by atoms with Gasteiger partial charge in [0, 0.05) is 18.7 Å². The second-order valence-electron chi connectivity index (χ2n) is 6.36. The molecular formula is C22H24N4O2. The van der Waals surface area contributed by atoms with Crippen LogP contribution in [0.5, 0.6) is 5.75 Å². The zero-order valence-electron chi connectivity index (χ0n) is 16.3. The highest BCUT2D eigenvalue weighted by Crippen LogP contribution is 2.22. The first-order chi connectivity index (χ1) is 13.6. The predicted molar refractivity (Wildman–Crippen MR) is 109 cm³/mol. The Bertz CT molecular complexity index is 933. The number of nitrogens with zero attached hydrogens (tertiary/aromatic N) is 4. The summed E-state index contributed by atoms with van der Waals surface area (Å²) in [6.45, 7) is 4.53. The Hall–Kier alpha value is -3.41. The van der Waals surface area contributed by atoms with E-state index in [0.29, 0.717) is 6.61 Å². The summed E-state index contributed by atoms with van der Waals surface area (Å²) in [6, 6.07) is 15.5. The Morgan fingerprint density at radius 3 is 2.64 bits per heavy atom. The number of carbonyl (C=O) groups is 1. The standard InChI is InChI=1S/C22H24N4O2/c1-4-28-21-8-6-5-7-19(21)11-14-22(27)25(3)17(2)18-9-12-20(13-10-18)26-16-23-15-24-26/h5-17H,4H2,1-3H3/b14-11+/t17-/m0/s1. The first kappa shape index (κ1) is 19.4. The molecule has 2 aromatic carbocycles. The molecule has 1 heterocycles. The van der Waals surface area contributed by atoms with Gasteiger partial charge in [-0.15, -0.1) is 0 Å². The van der Waals surface area contributed by atoms with Crippen molar-refractivity contribution in [2.24, 2.45) is 0 Å². The summed E-state index contributed by atoms with van der Waals surface area (Å²) < 4.78 is 7.30. The van der Waals surface area contributed by atoms with Gasteiger partial charge in [0.1, 0.15) is 18.4 Å². The Morgan fingerprint density at radius 2 is 1.96 bits per heavy atom. The maximum atomic E-state index is 12.6. The number of hydrogen-bond donors (Lipinski definition) is 0. The van der Waals surface area contributed by atoms with Crippen molar-refractivity contribution in [2.75, 3.05) is 13.7 Å². The van der Waals surface area contributed by atoms with Crippen LogP contribution in [0.3, 0.4) is 0 Å². The van der Waals surface area contributed by atoms with Crippen molar-refractivity contribution < 1.29 is 9.53 Å². The van der Waals surface area contributed by atoms with E-state index in [0.717, 1.165) is 22.6 Å². The van der Waals surface area contributed by atoms with Gasteiger partial charge in [0.25, 0.3) is 0 Å². The first-order valence-electron chi connectivity index (χ1n) is 9.21. The van der Waals surface area contributed by atoms with Crippen molar-refractivity contribution in [1.29, 1.82) is 0 Å². The van der Waals surface area contributed by atoms with Crippen molar-refractivity contribution >= 4 is 12.0 Å². The van der Waals surface area contributed by atoms with E-state index in [9.17, 15) is 4.79 Å². The van der Waals surface area contributed by atoms with Crippen molar-refractivity contribution in [2.45, 2.75) is 19.9 Å². The molecule has 1 atom stereocenters. The number of aromatic nitrogens is 3. The molecule has 0 aliphatic carbocycles. The first-order valence-corrected chi connectivity index (χ1v) is 9.21. The molecule has 1 amide bonds. The molecule has 3 rings (SSSR count). The van der Waals surface area contributed by atoms with E-state index in [1.807, 2.05) is 62.4 Å². The van der Waals surface area contributed by atoms with Crippen LogP contribution >= 0.6 is 0 Å². The molecule has 0 fully saturated rings. The number of amides is 1. The Labute approximate surface area is 165 Å². The molecule has 0 aliphatic rings. The number of ether oxygens (including phenoxy) is 1. The van der Waals surface area contributed by atoms with E-state index in [1.165, 1.54) is 6.33 Å². The highest BCUT2D eigenvalue weighted by Gasteiger charge is 2.15. The van der Waals surface area contributed by atoms with E-state index in [1.54, 1.807) is 35.1 Å². The van der Waals surface area contributed by atoms with Gasteiger partial charge in [-0.05, 0) is 43.7 Å². The highest BCUT2D eigenvalue weighted by atomic mass is 16.5. The summed E-state index contributed by atoms with van der Waals surface area (Å²) in [4.78, 5) is 18.3. The van der Waals surface area contributed by atoms with Gasteiger partial charge in [0.05, 0.1) is 18.3 Å². The topological polar surface area (TPSA) is 60.2 Å². The minimum absolute atomic E-state index is 0.0657. The molecule has 0 saturated carbocycles. The molecular weight excluding hydrogens is 352 g/mol. The van der Waals surface area contributed by atoms with Crippen LogP contribution in [-0.4, -0.2) is 39.2 Å². The lowest BCUT2D eigenvalue weighted by Gasteiger charge is -2.24. The van der Waals surface area contributed by atoms with Crippen LogP contribution in [0.1, 0.15) is 31.0 Å². The molecule has 0 unspecified atom stereocenters. The van der Waals surface area contributed by atoms with Crippen LogP contribution in [0.2, 0.25) is 0 Å². The molecule has 0 spiro atoms. The lowest BCUT2D eigenvalue weighted by atomic mass is 10.1. The van der Waals surface area contributed by atoms with Crippen molar-refractivity contribution in [1.82, 2.24) is 19.7 Å². The maximum absolute atomic E-state index is 12.6. The molecule has 0 bridgehead atoms. The fraction of sp³-hybridized carbons (Fsp3) is 0.227. The van der Waals surface area contributed by atoms with E-state index >= 15 is 0 Å². The van der Waals surface area contributed by atoms with Crippen molar-refractivity contribution in [3.8, 4) is 11.4 Å². The average molecular weight is 376 g/mol. The highest BCUT2D eigenvalue weighted by molar-refractivity contribution is 5.92. The van der Waals surface area contributed by atoms with Gasteiger partial charge in [-0.2, -0.15) is 5.10 Å².